The largest absolute Gasteiger partial charge is 0.312 e. The summed E-state index contributed by atoms with van der Waals surface area (Å²) in [7, 11) is 0. The maximum atomic E-state index is 11.5. The first-order chi connectivity index (χ1) is 11.7. The molecule has 0 aliphatic rings. The maximum absolute atomic E-state index is 11.5. The molecule has 0 N–H and O–H groups in total. The molecule has 2 aromatic heterocycles. The van der Waals surface area contributed by atoms with Crippen LogP contribution in [0.2, 0.25) is 0 Å². The molecule has 122 valence electrons. The molecular formula is C19H19N3OS. The molecule has 0 aliphatic heterocycles. The summed E-state index contributed by atoms with van der Waals surface area (Å²) >= 11 is 1.65. The van der Waals surface area contributed by atoms with Crippen molar-refractivity contribution in [3.05, 3.63) is 71.9 Å². The van der Waals surface area contributed by atoms with Crippen LogP contribution >= 0.6 is 11.8 Å². The maximum Gasteiger partial charge on any atom is 0.185 e. The molecule has 3 rings (SSSR count). The Balaban J connectivity index is 2.06. The van der Waals surface area contributed by atoms with Crippen LogP contribution in [0.25, 0.3) is 0 Å². The average Bonchev–Trinajstić information content (AvgIpc) is 2.94. The smallest absolute Gasteiger partial charge is 0.185 e. The van der Waals surface area contributed by atoms with Crippen molar-refractivity contribution >= 4 is 18.0 Å². The lowest BCUT2D eigenvalue weighted by atomic mass is 10.1. The monoisotopic (exact) mass is 337 g/mol. The Bertz CT molecular complexity index is 813. The van der Waals surface area contributed by atoms with Crippen molar-refractivity contribution in [1.82, 2.24) is 14.5 Å². The first-order valence-electron chi connectivity index (χ1n) is 7.86. The number of pyridine rings is 1. The van der Waals surface area contributed by atoms with Crippen molar-refractivity contribution in [3.8, 4) is 0 Å². The number of imidazole rings is 1. The second-order valence-corrected chi connectivity index (χ2v) is 6.86. The molecule has 0 amide bonds. The number of carbonyl (C=O) groups is 1. The van der Waals surface area contributed by atoms with Gasteiger partial charge in [-0.1, -0.05) is 49.9 Å². The fourth-order valence-corrected chi connectivity index (χ4v) is 3.65. The quantitative estimate of drug-likeness (QED) is 0.625. The molecule has 5 heteroatoms. The van der Waals surface area contributed by atoms with E-state index >= 15 is 0 Å². The lowest BCUT2D eigenvalue weighted by molar-refractivity contribution is 0.111. The topological polar surface area (TPSA) is 47.8 Å². The third kappa shape index (κ3) is 3.57. The van der Waals surface area contributed by atoms with Crippen LogP contribution in [-0.2, 0) is 6.54 Å². The predicted octanol–water partition coefficient (Wildman–Crippen LogP) is 4.41. The molecule has 0 aliphatic carbocycles. The van der Waals surface area contributed by atoms with E-state index in [-0.39, 0.29) is 5.92 Å². The van der Waals surface area contributed by atoms with E-state index in [0.29, 0.717) is 12.4 Å². The van der Waals surface area contributed by atoms with Gasteiger partial charge in [-0.3, -0.25) is 9.78 Å². The SMILES string of the molecule is CC(C)c1nc(C=O)n(Cc2cccnc2)c1Sc1ccccc1. The Hall–Kier alpha value is -2.40. The van der Waals surface area contributed by atoms with E-state index < -0.39 is 0 Å². The molecular weight excluding hydrogens is 318 g/mol. The zero-order chi connectivity index (χ0) is 16.9. The van der Waals surface area contributed by atoms with Gasteiger partial charge in [0.15, 0.2) is 12.1 Å². The molecule has 0 saturated heterocycles. The minimum atomic E-state index is 0.241. The van der Waals surface area contributed by atoms with E-state index in [4.69, 9.17) is 0 Å². The van der Waals surface area contributed by atoms with Crippen molar-refractivity contribution in [2.24, 2.45) is 0 Å². The number of benzene rings is 1. The van der Waals surface area contributed by atoms with Crippen LogP contribution in [0.5, 0.6) is 0 Å². The van der Waals surface area contributed by atoms with Gasteiger partial charge in [-0.05, 0) is 29.7 Å². The number of hydrogen-bond acceptors (Lipinski definition) is 4. The van der Waals surface area contributed by atoms with Crippen LogP contribution in [0.1, 0.15) is 41.6 Å². The Kier molecular flexibility index (Phi) is 5.11. The molecule has 4 nitrogen and oxygen atoms in total. The van der Waals surface area contributed by atoms with Gasteiger partial charge in [0, 0.05) is 17.3 Å². The minimum Gasteiger partial charge on any atom is -0.312 e. The number of rotatable bonds is 6. The molecule has 0 atom stereocenters. The normalized spacial score (nSPS) is 11.0. The van der Waals surface area contributed by atoms with Crippen molar-refractivity contribution in [2.75, 3.05) is 0 Å². The van der Waals surface area contributed by atoms with E-state index in [2.05, 4.69) is 35.9 Å². The molecule has 0 unspecified atom stereocenters. The van der Waals surface area contributed by atoms with E-state index in [1.54, 1.807) is 18.0 Å². The van der Waals surface area contributed by atoms with Gasteiger partial charge in [0.25, 0.3) is 0 Å². The Morgan fingerprint density at radius 3 is 2.58 bits per heavy atom. The molecule has 0 bridgehead atoms. The van der Waals surface area contributed by atoms with Crippen LogP contribution in [0, 0.1) is 0 Å². The first-order valence-corrected chi connectivity index (χ1v) is 8.68. The average molecular weight is 337 g/mol. The highest BCUT2D eigenvalue weighted by atomic mass is 32.2. The van der Waals surface area contributed by atoms with Gasteiger partial charge in [-0.25, -0.2) is 4.98 Å². The second kappa shape index (κ2) is 7.45. The molecule has 1 aromatic carbocycles. The number of aromatic nitrogens is 3. The van der Waals surface area contributed by atoms with Gasteiger partial charge in [0.1, 0.15) is 5.03 Å². The van der Waals surface area contributed by atoms with Crippen molar-refractivity contribution in [2.45, 2.75) is 36.2 Å². The lowest BCUT2D eigenvalue weighted by Gasteiger charge is -2.12. The van der Waals surface area contributed by atoms with Crippen LogP contribution in [0.15, 0.2) is 64.8 Å². The molecule has 3 aromatic rings. The molecule has 0 saturated carbocycles. The number of hydrogen-bond donors (Lipinski definition) is 0. The molecule has 0 spiro atoms. The van der Waals surface area contributed by atoms with Gasteiger partial charge in [0.2, 0.25) is 0 Å². The summed E-state index contributed by atoms with van der Waals surface area (Å²) in [6, 6.07) is 14.1. The summed E-state index contributed by atoms with van der Waals surface area (Å²) in [4.78, 5) is 21.4. The van der Waals surface area contributed by atoms with Gasteiger partial charge in [-0.2, -0.15) is 0 Å². The first kappa shape index (κ1) is 16.5. The Labute approximate surface area is 146 Å². The Morgan fingerprint density at radius 1 is 1.17 bits per heavy atom. The molecule has 2 heterocycles. The van der Waals surface area contributed by atoms with E-state index in [1.165, 1.54) is 0 Å². The Morgan fingerprint density at radius 2 is 1.96 bits per heavy atom. The van der Waals surface area contributed by atoms with Crippen molar-refractivity contribution in [1.29, 1.82) is 0 Å². The predicted molar refractivity (Wildman–Crippen MR) is 95.6 cm³/mol. The van der Waals surface area contributed by atoms with Gasteiger partial charge in [0.05, 0.1) is 12.2 Å². The highest BCUT2D eigenvalue weighted by Crippen LogP contribution is 2.34. The fraction of sp³-hybridized carbons (Fsp3) is 0.211. The third-order valence-electron chi connectivity index (χ3n) is 3.65. The highest BCUT2D eigenvalue weighted by Gasteiger charge is 2.20. The summed E-state index contributed by atoms with van der Waals surface area (Å²) in [5.74, 6) is 0.700. The summed E-state index contributed by atoms with van der Waals surface area (Å²) < 4.78 is 1.98. The van der Waals surface area contributed by atoms with Crippen LogP contribution < -0.4 is 0 Å². The van der Waals surface area contributed by atoms with Crippen molar-refractivity contribution < 1.29 is 4.79 Å². The summed E-state index contributed by atoms with van der Waals surface area (Å²) in [5.41, 5.74) is 2.00. The number of aldehydes is 1. The van der Waals surface area contributed by atoms with Crippen LogP contribution in [0.4, 0.5) is 0 Å². The second-order valence-electron chi connectivity index (χ2n) is 5.80. The summed E-state index contributed by atoms with van der Waals surface area (Å²) in [6.07, 6.45) is 4.40. The van der Waals surface area contributed by atoms with E-state index in [9.17, 15) is 4.79 Å². The highest BCUT2D eigenvalue weighted by molar-refractivity contribution is 7.99. The zero-order valence-corrected chi connectivity index (χ0v) is 14.5. The molecule has 24 heavy (non-hydrogen) atoms. The fourth-order valence-electron chi connectivity index (χ4n) is 2.47. The van der Waals surface area contributed by atoms with Gasteiger partial charge < -0.3 is 4.57 Å². The van der Waals surface area contributed by atoms with Crippen molar-refractivity contribution in [3.63, 3.8) is 0 Å². The number of carbonyl (C=O) groups excluding carboxylic acids is 1. The van der Waals surface area contributed by atoms with E-state index in [0.717, 1.165) is 27.5 Å². The van der Waals surface area contributed by atoms with Crippen LogP contribution in [-0.4, -0.2) is 20.8 Å². The van der Waals surface area contributed by atoms with Gasteiger partial charge in [-0.15, -0.1) is 0 Å². The van der Waals surface area contributed by atoms with E-state index in [1.807, 2.05) is 41.1 Å². The standard InChI is InChI=1S/C19H19N3OS/c1-14(2)18-19(24-16-8-4-3-5-9-16)22(17(13-23)21-18)12-15-7-6-10-20-11-15/h3-11,13-14H,12H2,1-2H3. The van der Waals surface area contributed by atoms with Gasteiger partial charge >= 0.3 is 0 Å². The zero-order valence-electron chi connectivity index (χ0n) is 13.7. The lowest BCUT2D eigenvalue weighted by Crippen LogP contribution is -2.06. The summed E-state index contributed by atoms with van der Waals surface area (Å²) in [6.45, 7) is 4.78. The third-order valence-corrected chi connectivity index (χ3v) is 4.78. The van der Waals surface area contributed by atoms with Crippen LogP contribution in [0.3, 0.4) is 0 Å². The molecule has 0 radical (unpaired) electrons. The summed E-state index contributed by atoms with van der Waals surface area (Å²) in [5, 5.41) is 1.02. The number of nitrogens with zero attached hydrogens (tertiary/aromatic N) is 3. The molecule has 0 fully saturated rings. The minimum absolute atomic E-state index is 0.241.